The van der Waals surface area contributed by atoms with Gasteiger partial charge >= 0.3 is 19.8 Å². The molecule has 0 saturated heterocycles. The van der Waals surface area contributed by atoms with E-state index in [1.165, 1.54) is 0 Å². The molecule has 0 amide bonds. The number of carbonyl (C=O) groups excluding carboxylic acids is 2. The van der Waals surface area contributed by atoms with Crippen LogP contribution in [0.3, 0.4) is 0 Å². The maximum atomic E-state index is 12.9. The summed E-state index contributed by atoms with van der Waals surface area (Å²) >= 11 is 0. The van der Waals surface area contributed by atoms with Crippen molar-refractivity contribution in [3.05, 3.63) is 231 Å². The smallest absolute Gasteiger partial charge is 0.462 e. The van der Waals surface area contributed by atoms with Gasteiger partial charge in [0.05, 0.1) is 27.7 Å². The third-order valence-corrected chi connectivity index (χ3v) is 14.2. The topological polar surface area (TPSA) is 108 Å². The van der Waals surface area contributed by atoms with Crippen molar-refractivity contribution < 1.29 is 42.1 Å². The van der Waals surface area contributed by atoms with Crippen LogP contribution in [-0.4, -0.2) is 74.9 Å². The van der Waals surface area contributed by atoms with Crippen LogP contribution in [0, 0.1) is 0 Å². The molecule has 0 aliphatic carbocycles. The first-order valence-corrected chi connectivity index (χ1v) is 35.6. The molecule has 0 fully saturated rings. The Labute approximate surface area is 550 Å². The fourth-order valence-electron chi connectivity index (χ4n) is 8.03. The average Bonchev–Trinajstić information content (AvgIpc) is 3.58. The molecule has 0 spiro atoms. The van der Waals surface area contributed by atoms with Crippen molar-refractivity contribution in [3.63, 3.8) is 0 Å². The van der Waals surface area contributed by atoms with Gasteiger partial charge in [-0.3, -0.25) is 18.6 Å². The highest BCUT2D eigenvalue weighted by atomic mass is 31.2. The van der Waals surface area contributed by atoms with E-state index in [2.05, 4.69) is 245 Å². The van der Waals surface area contributed by atoms with E-state index in [0.717, 1.165) is 167 Å². The molecule has 0 aliphatic heterocycles. The van der Waals surface area contributed by atoms with Crippen molar-refractivity contribution >= 4 is 19.8 Å². The Morgan fingerprint density at radius 3 is 0.889 bits per heavy atom. The molecule has 2 atom stereocenters. The molecular formula is C80H123NO8P+. The predicted octanol–water partition coefficient (Wildman–Crippen LogP) is 22.6. The zero-order chi connectivity index (χ0) is 65.5. The first-order valence-electron chi connectivity index (χ1n) is 34.1. The fraction of sp³-hybridized carbons (Fsp3) is 0.500. The molecule has 0 aromatic heterocycles. The van der Waals surface area contributed by atoms with E-state index in [1.807, 2.05) is 21.1 Å². The van der Waals surface area contributed by atoms with Gasteiger partial charge in [0.2, 0.25) is 0 Å². The molecular weight excluding hydrogens is 1130 g/mol. The number of allylic oxidation sites excluding steroid dienone is 38. The maximum absolute atomic E-state index is 12.9. The minimum atomic E-state index is -4.43. The molecule has 9 nitrogen and oxygen atoms in total. The van der Waals surface area contributed by atoms with Gasteiger partial charge in [-0.2, -0.15) is 0 Å². The second kappa shape index (κ2) is 67.5. The number of rotatable bonds is 59. The van der Waals surface area contributed by atoms with Gasteiger partial charge in [0.25, 0.3) is 0 Å². The van der Waals surface area contributed by atoms with Gasteiger partial charge in [0, 0.05) is 12.8 Å². The molecule has 2 unspecified atom stereocenters. The van der Waals surface area contributed by atoms with Crippen LogP contribution in [0.1, 0.15) is 206 Å². The van der Waals surface area contributed by atoms with Crippen molar-refractivity contribution in [1.82, 2.24) is 0 Å². The minimum Gasteiger partial charge on any atom is -0.462 e. The number of esters is 2. The summed E-state index contributed by atoms with van der Waals surface area (Å²) in [6.07, 6.45) is 110. The van der Waals surface area contributed by atoms with Crippen LogP contribution >= 0.6 is 7.82 Å². The first-order chi connectivity index (χ1) is 44.0. The van der Waals surface area contributed by atoms with Crippen LogP contribution in [0.15, 0.2) is 231 Å². The van der Waals surface area contributed by atoms with Gasteiger partial charge in [-0.05, 0) is 161 Å². The second-order valence-corrected chi connectivity index (χ2v) is 24.2. The Hall–Kier alpha value is -5.93. The number of carbonyl (C=O) groups is 2. The van der Waals surface area contributed by atoms with Crippen LogP contribution in [-0.2, 0) is 32.7 Å². The lowest BCUT2D eigenvalue weighted by molar-refractivity contribution is -0.870. The molecule has 0 radical (unpaired) electrons. The Bertz CT molecular complexity index is 2370. The number of unbranched alkanes of at least 4 members (excludes halogenated alkanes) is 7. The Kier molecular flexibility index (Phi) is 63.0. The van der Waals surface area contributed by atoms with Gasteiger partial charge in [0.1, 0.15) is 19.8 Å². The summed E-state index contributed by atoms with van der Waals surface area (Å²) in [7, 11) is 1.40. The number of hydrogen-bond acceptors (Lipinski definition) is 7. The van der Waals surface area contributed by atoms with E-state index >= 15 is 0 Å². The number of phosphoric acid groups is 1. The van der Waals surface area contributed by atoms with E-state index in [4.69, 9.17) is 18.5 Å². The predicted molar refractivity (Wildman–Crippen MR) is 389 cm³/mol. The number of likely N-dealkylation sites (N-methyl/N-ethyl adjacent to an activating group) is 1. The van der Waals surface area contributed by atoms with Gasteiger partial charge < -0.3 is 18.9 Å². The van der Waals surface area contributed by atoms with E-state index in [0.29, 0.717) is 23.9 Å². The quantitative estimate of drug-likeness (QED) is 0.0211. The lowest BCUT2D eigenvalue weighted by Gasteiger charge is -2.24. The molecule has 500 valence electrons. The van der Waals surface area contributed by atoms with E-state index < -0.39 is 32.5 Å². The second-order valence-electron chi connectivity index (χ2n) is 22.7. The summed E-state index contributed by atoms with van der Waals surface area (Å²) < 4.78 is 34.6. The zero-order valence-corrected chi connectivity index (χ0v) is 57.7. The number of quaternary nitrogens is 1. The first kappa shape index (κ1) is 84.1. The molecule has 0 aromatic carbocycles. The number of hydrogen-bond donors (Lipinski definition) is 1. The van der Waals surface area contributed by atoms with Crippen molar-refractivity contribution in [1.29, 1.82) is 0 Å². The van der Waals surface area contributed by atoms with Crippen molar-refractivity contribution in [3.8, 4) is 0 Å². The Morgan fingerprint density at radius 1 is 0.344 bits per heavy atom. The summed E-state index contributed by atoms with van der Waals surface area (Å²) in [4.78, 5) is 35.8. The molecule has 0 saturated carbocycles. The SMILES string of the molecule is CC/C=C\C/C=C\C/C=C\C/C=C\C/C=C\C/C=C\C/C=C\C/C=C\C/C=C\C/C=C\C/C=C\CCCCCC(=O)OC(COC(=O)CCCCCC/C=C\C/C=C\C/C=C\C/C=C\C/C=C\C/C=C\C/C=C\C/C=C\CC)COP(=O)(O)OCC[N+](C)(C)C. The largest absolute Gasteiger partial charge is 0.472 e. The highest BCUT2D eigenvalue weighted by molar-refractivity contribution is 7.47. The molecule has 90 heavy (non-hydrogen) atoms. The average molecular weight is 1260 g/mol. The van der Waals surface area contributed by atoms with Crippen molar-refractivity contribution in [2.75, 3.05) is 47.5 Å². The summed E-state index contributed by atoms with van der Waals surface area (Å²) in [5, 5.41) is 0. The van der Waals surface area contributed by atoms with Crippen LogP contribution in [0.4, 0.5) is 0 Å². The van der Waals surface area contributed by atoms with Crippen LogP contribution < -0.4 is 0 Å². The zero-order valence-electron chi connectivity index (χ0n) is 56.8. The van der Waals surface area contributed by atoms with Crippen LogP contribution in [0.25, 0.3) is 0 Å². The van der Waals surface area contributed by atoms with Gasteiger partial charge in [-0.15, -0.1) is 0 Å². The standard InChI is InChI=1S/C80H122NO8P/c1-6-8-10-12-14-16-18-20-22-24-26-28-30-32-34-36-37-38-39-40-41-42-43-45-47-49-51-53-55-57-59-61-63-65-67-69-71-73-80(83)89-78(77-88-90(84,85)87-75-74-81(3,4)5)76-86-79(82)72-70-68-66-64-62-60-58-56-54-52-50-48-46-44-35-33-31-29-27-25-23-21-19-17-15-13-11-9-7-2/h8-11,14-17,20-23,26-29,32-35,37-38,40-41,43,45-46,48-49,51-52,54-55,57-58,60-61,63,78H,6-7,12-13,18-19,24-25,30-31,36,39,42,44,47,50,53,56,59,62,64-77H2,1-5H3/p+1/b10-8-,11-9-,16-14-,17-15-,22-20-,23-21-,28-26-,29-27-,34-32-,35-33-,38-37-,41-40-,45-43-,48-46-,51-49-,54-52-,57-55-,60-58-,63-61-. The fourth-order valence-corrected chi connectivity index (χ4v) is 8.77. The molecule has 0 aromatic rings. The summed E-state index contributed by atoms with van der Waals surface area (Å²) in [5.74, 6) is -0.888. The number of phosphoric ester groups is 1. The van der Waals surface area contributed by atoms with E-state index in [1.54, 1.807) is 0 Å². The third kappa shape index (κ3) is 71.1. The van der Waals surface area contributed by atoms with E-state index in [-0.39, 0.29) is 26.1 Å². The van der Waals surface area contributed by atoms with Gasteiger partial charge in [0.15, 0.2) is 6.10 Å². The highest BCUT2D eigenvalue weighted by Crippen LogP contribution is 2.43. The summed E-state index contributed by atoms with van der Waals surface area (Å²) in [6, 6.07) is 0. The third-order valence-electron chi connectivity index (χ3n) is 13.2. The van der Waals surface area contributed by atoms with Gasteiger partial charge in [-0.1, -0.05) is 264 Å². The maximum Gasteiger partial charge on any atom is 0.472 e. The van der Waals surface area contributed by atoms with Crippen LogP contribution in [0.2, 0.25) is 0 Å². The van der Waals surface area contributed by atoms with Crippen LogP contribution in [0.5, 0.6) is 0 Å². The Morgan fingerprint density at radius 2 is 0.600 bits per heavy atom. The number of ether oxygens (including phenoxy) is 2. The normalized spacial score (nSPS) is 14.6. The monoisotopic (exact) mass is 1260 g/mol. The lowest BCUT2D eigenvalue weighted by atomic mass is 10.1. The molecule has 0 heterocycles. The molecule has 1 N–H and O–H groups in total. The number of nitrogens with zero attached hydrogens (tertiary/aromatic N) is 1. The van der Waals surface area contributed by atoms with Gasteiger partial charge in [-0.25, -0.2) is 4.57 Å². The van der Waals surface area contributed by atoms with E-state index in [9.17, 15) is 19.0 Å². The van der Waals surface area contributed by atoms with Crippen molar-refractivity contribution in [2.45, 2.75) is 213 Å². The molecule has 0 bridgehead atoms. The lowest BCUT2D eigenvalue weighted by Crippen LogP contribution is -2.37. The molecule has 0 rings (SSSR count). The summed E-state index contributed by atoms with van der Waals surface area (Å²) in [6.45, 7) is 4.09. The Balaban J connectivity index is 4.31. The highest BCUT2D eigenvalue weighted by Gasteiger charge is 2.27. The molecule has 0 aliphatic rings. The minimum absolute atomic E-state index is 0.00592. The molecule has 10 heteroatoms. The van der Waals surface area contributed by atoms with Crippen molar-refractivity contribution in [2.24, 2.45) is 0 Å². The summed E-state index contributed by atoms with van der Waals surface area (Å²) in [5.41, 5.74) is 0.